The Labute approximate surface area is 162 Å². The van der Waals surface area contributed by atoms with Gasteiger partial charge in [-0.05, 0) is 48.9 Å². The van der Waals surface area contributed by atoms with Gasteiger partial charge in [-0.15, -0.1) is 0 Å². The van der Waals surface area contributed by atoms with Crippen molar-refractivity contribution in [3.63, 3.8) is 0 Å². The zero-order chi connectivity index (χ0) is 20.0. The zero-order valence-corrected chi connectivity index (χ0v) is 15.9. The number of aliphatic hydroxyl groups is 1. The lowest BCUT2D eigenvalue weighted by atomic mass is 10.1. The quantitative estimate of drug-likeness (QED) is 0.676. The molecule has 2 aromatic rings. The number of carbonyl (C=O) groups excluding carboxylic acids is 1. The Morgan fingerprint density at radius 1 is 1.22 bits per heavy atom. The number of hydrogen-bond donors (Lipinski definition) is 2. The third-order valence-corrected chi connectivity index (χ3v) is 5.32. The van der Waals surface area contributed by atoms with Crippen LogP contribution in [-0.2, 0) is 26.2 Å². The highest BCUT2D eigenvalue weighted by Gasteiger charge is 2.31. The maximum atomic E-state index is 12.4. The summed E-state index contributed by atoms with van der Waals surface area (Å²) in [5.41, 5.74) is 1.08. The Balaban J connectivity index is 2.07. The Bertz CT molecular complexity index is 935. The molecule has 2 rings (SSSR count). The fourth-order valence-corrected chi connectivity index (χ4v) is 3.50. The van der Waals surface area contributed by atoms with Crippen LogP contribution in [-0.4, -0.2) is 31.6 Å². The summed E-state index contributed by atoms with van der Waals surface area (Å²) in [6.45, 7) is 1.15. The predicted molar refractivity (Wildman–Crippen MR) is 98.2 cm³/mol. The maximum absolute atomic E-state index is 12.4. The van der Waals surface area contributed by atoms with Gasteiger partial charge in [-0.1, -0.05) is 23.7 Å². The van der Waals surface area contributed by atoms with E-state index in [1.54, 1.807) is 24.3 Å². The van der Waals surface area contributed by atoms with Crippen molar-refractivity contribution in [3.8, 4) is 6.07 Å². The van der Waals surface area contributed by atoms with Crippen molar-refractivity contribution in [1.82, 2.24) is 4.72 Å². The molecule has 0 aliphatic heterocycles. The molecule has 0 aliphatic carbocycles. The first-order valence-corrected chi connectivity index (χ1v) is 9.70. The summed E-state index contributed by atoms with van der Waals surface area (Å²) < 4.78 is 32.0. The molecule has 142 valence electrons. The van der Waals surface area contributed by atoms with Gasteiger partial charge in [0, 0.05) is 5.02 Å². The van der Waals surface area contributed by atoms with Gasteiger partial charge in [-0.25, -0.2) is 8.42 Å². The third-order valence-electron chi connectivity index (χ3n) is 3.61. The summed E-state index contributed by atoms with van der Waals surface area (Å²) in [6, 6.07) is 12.2. The van der Waals surface area contributed by atoms with Gasteiger partial charge in [0.25, 0.3) is 0 Å². The maximum Gasteiger partial charge on any atom is 0.327 e. The minimum atomic E-state index is -4.06. The average Bonchev–Trinajstić information content (AvgIpc) is 2.64. The van der Waals surface area contributed by atoms with Gasteiger partial charge in [-0.3, -0.25) is 4.79 Å². The van der Waals surface area contributed by atoms with Gasteiger partial charge in [0.2, 0.25) is 10.0 Å². The van der Waals surface area contributed by atoms with E-state index in [9.17, 15) is 18.3 Å². The Morgan fingerprint density at radius 3 is 2.33 bits per heavy atom. The van der Waals surface area contributed by atoms with Crippen LogP contribution < -0.4 is 4.72 Å². The molecule has 0 radical (unpaired) electrons. The molecule has 0 heterocycles. The second kappa shape index (κ2) is 8.97. The number of halogens is 1. The molecule has 7 nitrogen and oxygen atoms in total. The monoisotopic (exact) mass is 408 g/mol. The summed E-state index contributed by atoms with van der Waals surface area (Å²) >= 11 is 5.74. The van der Waals surface area contributed by atoms with Crippen LogP contribution in [0.5, 0.6) is 0 Å². The molecule has 2 unspecified atom stereocenters. The predicted octanol–water partition coefficient (Wildman–Crippen LogP) is 1.98. The summed E-state index contributed by atoms with van der Waals surface area (Å²) in [7, 11) is -4.06. The second-order valence-corrected chi connectivity index (χ2v) is 7.86. The van der Waals surface area contributed by atoms with E-state index in [0.717, 1.165) is 0 Å². The fraction of sp³-hybridized carbons (Fsp3) is 0.222. The van der Waals surface area contributed by atoms with Crippen LogP contribution in [0.25, 0.3) is 0 Å². The van der Waals surface area contributed by atoms with E-state index in [1.807, 2.05) is 6.07 Å². The molecule has 0 fully saturated rings. The molecule has 0 saturated heterocycles. The van der Waals surface area contributed by atoms with Crippen molar-refractivity contribution < 1.29 is 23.1 Å². The molecule has 9 heteroatoms. The molecular formula is C18H17ClN2O5S. The molecule has 27 heavy (non-hydrogen) atoms. The van der Waals surface area contributed by atoms with E-state index in [0.29, 0.717) is 16.1 Å². The summed E-state index contributed by atoms with van der Waals surface area (Å²) in [4.78, 5) is 12.2. The zero-order valence-electron chi connectivity index (χ0n) is 14.3. The van der Waals surface area contributed by atoms with Crippen LogP contribution >= 0.6 is 11.6 Å². The lowest BCUT2D eigenvalue weighted by molar-refractivity contribution is -0.149. The van der Waals surface area contributed by atoms with Crippen molar-refractivity contribution in [3.05, 3.63) is 64.7 Å². The van der Waals surface area contributed by atoms with Crippen molar-refractivity contribution in [2.45, 2.75) is 30.6 Å². The lowest BCUT2D eigenvalue weighted by Gasteiger charge is -2.20. The summed E-state index contributed by atoms with van der Waals surface area (Å²) in [6.07, 6.45) is -1.32. The molecule has 0 aromatic heterocycles. The molecule has 2 atom stereocenters. The minimum Gasteiger partial charge on any atom is -0.460 e. The number of nitrogens with zero attached hydrogens (tertiary/aromatic N) is 1. The molecule has 0 bridgehead atoms. The summed E-state index contributed by atoms with van der Waals surface area (Å²) in [5, 5.41) is 18.9. The van der Waals surface area contributed by atoms with Crippen molar-refractivity contribution in [2.24, 2.45) is 0 Å². The first-order valence-electron chi connectivity index (χ1n) is 7.84. The van der Waals surface area contributed by atoms with Crippen LogP contribution in [0.4, 0.5) is 0 Å². The first-order chi connectivity index (χ1) is 12.7. The van der Waals surface area contributed by atoms with Gasteiger partial charge in [-0.2, -0.15) is 9.98 Å². The average molecular weight is 409 g/mol. The van der Waals surface area contributed by atoms with Crippen molar-refractivity contribution in [1.29, 1.82) is 5.26 Å². The lowest BCUT2D eigenvalue weighted by Crippen LogP contribution is -2.48. The molecule has 0 amide bonds. The fourth-order valence-electron chi connectivity index (χ4n) is 2.11. The van der Waals surface area contributed by atoms with E-state index in [1.165, 1.54) is 31.2 Å². The SMILES string of the molecule is CC(O)C(NS(=O)(=O)c1ccc(Cl)cc1)C(=O)OCc1ccc(C#N)cc1. The number of rotatable bonds is 7. The van der Waals surface area contributed by atoms with Crippen LogP contribution in [0.1, 0.15) is 18.1 Å². The Kier molecular flexibility index (Phi) is 6.93. The molecule has 2 aromatic carbocycles. The highest BCUT2D eigenvalue weighted by Crippen LogP contribution is 2.15. The third kappa shape index (κ3) is 5.77. The van der Waals surface area contributed by atoms with E-state index >= 15 is 0 Å². The number of ether oxygens (including phenoxy) is 1. The van der Waals surface area contributed by atoms with E-state index in [2.05, 4.69) is 4.72 Å². The first kappa shape index (κ1) is 20.9. The van der Waals surface area contributed by atoms with E-state index < -0.39 is 28.1 Å². The topological polar surface area (TPSA) is 116 Å². The highest BCUT2D eigenvalue weighted by atomic mass is 35.5. The summed E-state index contributed by atoms with van der Waals surface area (Å²) in [5.74, 6) is -0.924. The largest absolute Gasteiger partial charge is 0.460 e. The van der Waals surface area contributed by atoms with E-state index in [4.69, 9.17) is 21.6 Å². The number of aliphatic hydroxyl groups excluding tert-OH is 1. The molecule has 0 aliphatic rings. The standard InChI is InChI=1S/C18H17ClN2O5S/c1-12(22)17(21-27(24,25)16-8-6-15(19)7-9-16)18(23)26-11-14-4-2-13(10-20)3-5-14/h2-9,12,17,21-22H,11H2,1H3. The van der Waals surface area contributed by atoms with Gasteiger partial charge in [0.15, 0.2) is 0 Å². The van der Waals surface area contributed by atoms with Gasteiger partial charge >= 0.3 is 5.97 Å². The van der Waals surface area contributed by atoms with Crippen LogP contribution in [0.15, 0.2) is 53.4 Å². The number of carbonyl (C=O) groups is 1. The molecule has 0 saturated carbocycles. The van der Waals surface area contributed by atoms with Crippen LogP contribution in [0, 0.1) is 11.3 Å². The number of nitrogens with one attached hydrogen (secondary N) is 1. The van der Waals surface area contributed by atoms with Crippen molar-refractivity contribution in [2.75, 3.05) is 0 Å². The number of nitriles is 1. The highest BCUT2D eigenvalue weighted by molar-refractivity contribution is 7.89. The van der Waals surface area contributed by atoms with E-state index in [-0.39, 0.29) is 11.5 Å². The van der Waals surface area contributed by atoms with Gasteiger partial charge in [0.05, 0.1) is 22.6 Å². The number of hydrogen-bond acceptors (Lipinski definition) is 6. The number of benzene rings is 2. The minimum absolute atomic E-state index is 0.0996. The normalized spacial score (nSPS) is 13.4. The Hall–Kier alpha value is -2.44. The van der Waals surface area contributed by atoms with Gasteiger partial charge < -0.3 is 9.84 Å². The second-order valence-electron chi connectivity index (χ2n) is 5.71. The molecule has 2 N–H and O–H groups in total. The molecular weight excluding hydrogens is 392 g/mol. The van der Waals surface area contributed by atoms with Crippen LogP contribution in [0.3, 0.4) is 0 Å². The molecule has 0 spiro atoms. The number of esters is 1. The number of sulfonamides is 1. The van der Waals surface area contributed by atoms with Crippen molar-refractivity contribution >= 4 is 27.6 Å². The van der Waals surface area contributed by atoms with Crippen LogP contribution in [0.2, 0.25) is 5.02 Å². The van der Waals surface area contributed by atoms with Gasteiger partial charge in [0.1, 0.15) is 12.6 Å². The Morgan fingerprint density at radius 2 is 1.81 bits per heavy atom. The smallest absolute Gasteiger partial charge is 0.327 e.